The van der Waals surface area contributed by atoms with E-state index < -0.39 is 17.2 Å². The smallest absolute Gasteiger partial charge is 0.427 e. The molecule has 0 aliphatic carbocycles. The van der Waals surface area contributed by atoms with Crippen LogP contribution in [0.3, 0.4) is 0 Å². The van der Waals surface area contributed by atoms with Crippen LogP contribution in [-0.2, 0) is 27.1 Å². The molecule has 0 radical (unpaired) electrons. The molecule has 0 saturated carbocycles. The molecule has 0 spiro atoms. The Morgan fingerprint density at radius 1 is 0.413 bits per heavy atom. The molecule has 3 aromatic carbocycles. The van der Waals surface area contributed by atoms with Crippen molar-refractivity contribution in [2.75, 3.05) is 0 Å². The van der Waals surface area contributed by atoms with E-state index in [0.717, 1.165) is 11.1 Å². The molecule has 0 unspecified atom stereocenters. The monoisotopic (exact) mass is 672 g/mol. The van der Waals surface area contributed by atoms with Gasteiger partial charge in [-0.05, 0) is 68.0 Å². The highest BCUT2D eigenvalue weighted by Crippen LogP contribution is 2.45. The molecule has 0 aliphatic rings. The van der Waals surface area contributed by atoms with E-state index in [1.165, 1.54) is 16.7 Å². The van der Waals surface area contributed by atoms with Crippen molar-refractivity contribution < 1.29 is 28.3 Å². The van der Waals surface area contributed by atoms with Crippen molar-refractivity contribution in [2.24, 2.45) is 0 Å². The molecular weight excluding hydrogens is 614 g/mol. The normalized spacial score (nSPS) is 13.0. The molecular formula is C38H58O6P2. The van der Waals surface area contributed by atoms with Gasteiger partial charge >= 0.3 is 17.2 Å². The van der Waals surface area contributed by atoms with Gasteiger partial charge in [0.15, 0.2) is 0 Å². The van der Waals surface area contributed by atoms with Crippen molar-refractivity contribution in [3.05, 3.63) is 88.5 Å². The Bertz CT molecular complexity index is 1340. The Morgan fingerprint density at radius 3 is 1.02 bits per heavy atom. The summed E-state index contributed by atoms with van der Waals surface area (Å²) in [7, 11) is -4.45. The highest BCUT2D eigenvalue weighted by atomic mass is 31.2. The Labute approximate surface area is 281 Å². The summed E-state index contributed by atoms with van der Waals surface area (Å²) in [6.45, 7) is 32.5. The zero-order valence-corrected chi connectivity index (χ0v) is 32.5. The average Bonchev–Trinajstić information content (AvgIpc) is 2.86. The van der Waals surface area contributed by atoms with Crippen LogP contribution in [0.2, 0.25) is 0 Å². The molecule has 0 fully saturated rings. The van der Waals surface area contributed by atoms with Gasteiger partial charge in [0.25, 0.3) is 0 Å². The molecule has 0 aliphatic heterocycles. The molecule has 3 aromatic rings. The molecule has 6 nitrogen and oxygen atoms in total. The Kier molecular flexibility index (Phi) is 13.0. The van der Waals surface area contributed by atoms with Gasteiger partial charge in [0.2, 0.25) is 0 Å². The molecule has 0 atom stereocenters. The lowest BCUT2D eigenvalue weighted by Crippen LogP contribution is -2.18. The van der Waals surface area contributed by atoms with E-state index >= 15 is 0 Å². The minimum atomic E-state index is -2.31. The summed E-state index contributed by atoms with van der Waals surface area (Å²) in [6, 6.07) is 19.8. The predicted octanol–water partition coefficient (Wildman–Crippen LogP) is 11.1. The van der Waals surface area contributed by atoms with Gasteiger partial charge in [-0.1, -0.05) is 140 Å². The van der Waals surface area contributed by atoms with E-state index in [1.807, 2.05) is 24.3 Å². The van der Waals surface area contributed by atoms with Crippen LogP contribution in [0, 0.1) is 0 Å². The lowest BCUT2D eigenvalue weighted by molar-refractivity contribution is 0.370. The van der Waals surface area contributed by atoms with Gasteiger partial charge in [0.1, 0.15) is 17.2 Å². The Hall–Kier alpha value is -2.20. The third-order valence-corrected chi connectivity index (χ3v) is 8.65. The molecule has 0 amide bonds. The number of hydrogen-bond acceptors (Lipinski definition) is 6. The highest BCUT2D eigenvalue weighted by Gasteiger charge is 2.28. The van der Waals surface area contributed by atoms with Crippen LogP contribution in [-0.4, -0.2) is 14.7 Å². The number of rotatable bonds is 6. The molecule has 256 valence electrons. The van der Waals surface area contributed by atoms with Gasteiger partial charge in [-0.3, -0.25) is 0 Å². The Morgan fingerprint density at radius 2 is 0.739 bits per heavy atom. The van der Waals surface area contributed by atoms with Gasteiger partial charge in [-0.15, -0.1) is 0 Å². The predicted molar refractivity (Wildman–Crippen MR) is 195 cm³/mol. The van der Waals surface area contributed by atoms with Crippen LogP contribution in [0.4, 0.5) is 0 Å². The lowest BCUT2D eigenvalue weighted by atomic mass is 9.80. The molecule has 0 saturated heterocycles. The van der Waals surface area contributed by atoms with Crippen molar-refractivity contribution >= 4 is 17.2 Å². The molecule has 3 rings (SSSR count). The SMILES string of the molecule is CC(C)(C)c1ccc(OP(O)O)cc1.CC(C)(C)c1ccc(OP(O)Oc2ccc(C(C)(C)C)cc2C(C)(C)C)c(C(C)(C)C)c1. The standard InChI is InChI=1S/C28H43O3P.C10H15O3P/c1-25(2,3)19-13-15-23(21(17-19)27(7,8)9)30-32(29)31-24-16-14-20(26(4,5)6)18-22(24)28(10,11)12;1-10(2,3)8-4-6-9(7-5-8)13-14(11)12/h13-18,29H,1-12H3;4-7,11-12H,1-3H3. The maximum Gasteiger partial charge on any atom is 0.460 e. The Balaban J connectivity index is 0.000000438. The van der Waals surface area contributed by atoms with Crippen LogP contribution >= 0.6 is 17.2 Å². The van der Waals surface area contributed by atoms with E-state index in [1.54, 1.807) is 12.1 Å². The van der Waals surface area contributed by atoms with Gasteiger partial charge in [0.05, 0.1) is 0 Å². The van der Waals surface area contributed by atoms with Crippen LogP contribution in [0.15, 0.2) is 60.7 Å². The van der Waals surface area contributed by atoms with Crippen LogP contribution < -0.4 is 13.6 Å². The van der Waals surface area contributed by atoms with Crippen molar-refractivity contribution in [2.45, 2.75) is 131 Å². The van der Waals surface area contributed by atoms with E-state index in [9.17, 15) is 4.89 Å². The third-order valence-electron chi connectivity index (χ3n) is 7.57. The van der Waals surface area contributed by atoms with Gasteiger partial charge in [-0.2, -0.15) is 0 Å². The largest absolute Gasteiger partial charge is 0.460 e. The van der Waals surface area contributed by atoms with Crippen molar-refractivity contribution in [1.29, 1.82) is 0 Å². The summed E-state index contributed by atoms with van der Waals surface area (Å²) < 4.78 is 16.8. The maximum absolute atomic E-state index is 10.8. The molecule has 8 heteroatoms. The van der Waals surface area contributed by atoms with Crippen LogP contribution in [0.1, 0.15) is 132 Å². The number of hydrogen-bond donors (Lipinski definition) is 3. The summed E-state index contributed by atoms with van der Waals surface area (Å²) in [5.74, 6) is 1.82. The highest BCUT2D eigenvalue weighted by molar-refractivity contribution is 7.41. The molecule has 0 heterocycles. The fraction of sp³-hybridized carbons (Fsp3) is 0.526. The van der Waals surface area contributed by atoms with Gasteiger partial charge in [-0.25, -0.2) is 0 Å². The molecule has 0 aromatic heterocycles. The van der Waals surface area contributed by atoms with Crippen molar-refractivity contribution in [3.8, 4) is 17.2 Å². The van der Waals surface area contributed by atoms with Crippen molar-refractivity contribution in [3.63, 3.8) is 0 Å². The third kappa shape index (κ3) is 12.1. The summed E-state index contributed by atoms with van der Waals surface area (Å²) in [4.78, 5) is 28.1. The van der Waals surface area contributed by atoms with Crippen LogP contribution in [0.25, 0.3) is 0 Å². The van der Waals surface area contributed by atoms with Gasteiger partial charge < -0.3 is 28.3 Å². The van der Waals surface area contributed by atoms with E-state index in [4.69, 9.17) is 23.4 Å². The van der Waals surface area contributed by atoms with E-state index in [2.05, 4.69) is 128 Å². The zero-order chi connectivity index (χ0) is 35.5. The minimum Gasteiger partial charge on any atom is -0.427 e. The van der Waals surface area contributed by atoms with Crippen LogP contribution in [0.5, 0.6) is 17.2 Å². The quantitative estimate of drug-likeness (QED) is 0.226. The second kappa shape index (κ2) is 14.9. The summed E-state index contributed by atoms with van der Waals surface area (Å²) in [5.41, 5.74) is 5.71. The molecule has 0 bridgehead atoms. The minimum absolute atomic E-state index is 0.0371. The topological polar surface area (TPSA) is 88.4 Å². The molecule has 46 heavy (non-hydrogen) atoms. The second-order valence-corrected chi connectivity index (χ2v) is 18.5. The van der Waals surface area contributed by atoms with E-state index in [-0.39, 0.29) is 27.1 Å². The first-order valence-corrected chi connectivity index (χ1v) is 18.1. The van der Waals surface area contributed by atoms with E-state index in [0.29, 0.717) is 17.2 Å². The summed E-state index contributed by atoms with van der Waals surface area (Å²) in [6.07, 6.45) is 0. The fourth-order valence-corrected chi connectivity index (χ4v) is 5.62. The first-order valence-electron chi connectivity index (χ1n) is 15.8. The zero-order valence-electron chi connectivity index (χ0n) is 30.7. The summed E-state index contributed by atoms with van der Waals surface area (Å²) >= 11 is 0. The summed E-state index contributed by atoms with van der Waals surface area (Å²) in [5, 5.41) is 0. The maximum atomic E-state index is 10.8. The number of benzene rings is 3. The molecule has 3 N–H and O–H groups in total. The lowest BCUT2D eigenvalue weighted by Gasteiger charge is -2.29. The van der Waals surface area contributed by atoms with Crippen molar-refractivity contribution in [1.82, 2.24) is 0 Å². The average molecular weight is 673 g/mol. The first-order chi connectivity index (χ1) is 20.7. The van der Waals surface area contributed by atoms with Gasteiger partial charge in [0, 0.05) is 11.1 Å². The first kappa shape index (κ1) is 40.0. The fourth-order valence-electron chi connectivity index (χ4n) is 4.62. The second-order valence-electron chi connectivity index (χ2n) is 17.0.